The molecule has 0 radical (unpaired) electrons. The molecule has 1 amide bonds. The molecule has 0 aliphatic heterocycles. The number of carboxylic acids is 1. The molecule has 1 saturated carbocycles. The monoisotopic (exact) mass is 325 g/mol. The highest BCUT2D eigenvalue weighted by Crippen LogP contribution is 2.30. The number of aliphatic carboxylic acids is 1. The van der Waals surface area contributed by atoms with Crippen LogP contribution in [0.2, 0.25) is 0 Å². The van der Waals surface area contributed by atoms with Gasteiger partial charge < -0.3 is 10.4 Å². The van der Waals surface area contributed by atoms with Crippen LogP contribution in [0.25, 0.3) is 0 Å². The second kappa shape index (κ2) is 5.72. The molecule has 1 aromatic rings. The Kier molecular flexibility index (Phi) is 4.28. The topological polar surface area (TPSA) is 101 Å². The summed E-state index contributed by atoms with van der Waals surface area (Å²) in [5.41, 5.74) is -0.455. The summed E-state index contributed by atoms with van der Waals surface area (Å²) in [6.45, 7) is 1.68. The van der Waals surface area contributed by atoms with Gasteiger partial charge in [0.1, 0.15) is 5.54 Å². The van der Waals surface area contributed by atoms with Crippen LogP contribution in [0.1, 0.15) is 41.6 Å². The smallest absolute Gasteiger partial charge is 0.329 e. The molecule has 1 aliphatic carbocycles. The Labute approximate surface area is 129 Å². The number of hydrogen-bond acceptors (Lipinski definition) is 4. The van der Waals surface area contributed by atoms with Gasteiger partial charge in [0.2, 0.25) is 0 Å². The Balaban J connectivity index is 2.35. The SMILES string of the molecule is Cc1ccc(S(C)(=O)=O)cc1C(=O)NC1(C(=O)O)CCCC1. The Bertz CT molecular complexity index is 717. The quantitative estimate of drug-likeness (QED) is 0.874. The van der Waals surface area contributed by atoms with Crippen molar-refractivity contribution in [2.75, 3.05) is 6.26 Å². The number of rotatable bonds is 4. The molecule has 0 spiro atoms. The molecular formula is C15H19NO5S. The summed E-state index contributed by atoms with van der Waals surface area (Å²) in [4.78, 5) is 24.0. The Morgan fingerprint density at radius 1 is 1.23 bits per heavy atom. The van der Waals surface area contributed by atoms with E-state index in [1.807, 2.05) is 0 Å². The fourth-order valence-corrected chi connectivity index (χ4v) is 3.38. The highest BCUT2D eigenvalue weighted by molar-refractivity contribution is 7.90. The van der Waals surface area contributed by atoms with Crippen molar-refractivity contribution < 1.29 is 23.1 Å². The van der Waals surface area contributed by atoms with E-state index < -0.39 is 27.3 Å². The molecule has 0 heterocycles. The summed E-state index contributed by atoms with van der Waals surface area (Å²) in [6, 6.07) is 4.28. The summed E-state index contributed by atoms with van der Waals surface area (Å²) in [6.07, 6.45) is 3.33. The summed E-state index contributed by atoms with van der Waals surface area (Å²) in [7, 11) is -3.43. The first-order chi connectivity index (χ1) is 10.2. The summed E-state index contributed by atoms with van der Waals surface area (Å²) in [5, 5.41) is 12.0. The van der Waals surface area contributed by atoms with Crippen LogP contribution >= 0.6 is 0 Å². The third-order valence-corrected chi connectivity index (χ3v) is 5.21. The van der Waals surface area contributed by atoms with Crippen molar-refractivity contribution in [3.8, 4) is 0 Å². The molecule has 1 aliphatic rings. The standard InChI is InChI=1S/C15H19NO5S/c1-10-5-6-11(22(2,20)21)9-12(10)13(17)16-15(14(18)19)7-3-4-8-15/h5-6,9H,3-4,7-8H2,1-2H3,(H,16,17)(H,18,19). The van der Waals surface area contributed by atoms with E-state index in [-0.39, 0.29) is 10.5 Å². The fraction of sp³-hybridized carbons (Fsp3) is 0.467. The first kappa shape index (κ1) is 16.5. The predicted octanol–water partition coefficient (Wildman–Crippen LogP) is 1.53. The average molecular weight is 325 g/mol. The molecular weight excluding hydrogens is 306 g/mol. The third kappa shape index (κ3) is 3.14. The van der Waals surface area contributed by atoms with Gasteiger partial charge in [-0.15, -0.1) is 0 Å². The van der Waals surface area contributed by atoms with E-state index in [1.165, 1.54) is 12.1 Å². The second-order valence-corrected chi connectivity index (χ2v) is 7.81. The highest BCUT2D eigenvalue weighted by atomic mass is 32.2. The average Bonchev–Trinajstić information content (AvgIpc) is 2.87. The van der Waals surface area contributed by atoms with Crippen LogP contribution in [0.4, 0.5) is 0 Å². The second-order valence-electron chi connectivity index (χ2n) is 5.80. The maximum absolute atomic E-state index is 12.4. The van der Waals surface area contributed by atoms with Crippen molar-refractivity contribution in [3.63, 3.8) is 0 Å². The van der Waals surface area contributed by atoms with E-state index in [1.54, 1.807) is 13.0 Å². The molecule has 2 rings (SSSR count). The largest absolute Gasteiger partial charge is 0.480 e. The lowest BCUT2D eigenvalue weighted by Crippen LogP contribution is -2.52. The van der Waals surface area contributed by atoms with Gasteiger partial charge >= 0.3 is 5.97 Å². The van der Waals surface area contributed by atoms with Gasteiger partial charge in [0.15, 0.2) is 9.84 Å². The van der Waals surface area contributed by atoms with Crippen LogP contribution in [0.5, 0.6) is 0 Å². The van der Waals surface area contributed by atoms with E-state index in [2.05, 4.69) is 5.32 Å². The number of carbonyl (C=O) groups is 2. The van der Waals surface area contributed by atoms with Gasteiger partial charge in [0.25, 0.3) is 5.91 Å². The lowest BCUT2D eigenvalue weighted by molar-refractivity contribution is -0.144. The van der Waals surface area contributed by atoms with Crippen molar-refractivity contribution in [1.82, 2.24) is 5.32 Å². The third-order valence-electron chi connectivity index (χ3n) is 4.10. The Morgan fingerprint density at radius 2 is 1.82 bits per heavy atom. The van der Waals surface area contributed by atoms with Crippen molar-refractivity contribution >= 4 is 21.7 Å². The molecule has 0 saturated heterocycles. The minimum Gasteiger partial charge on any atom is -0.480 e. The predicted molar refractivity (Wildman–Crippen MR) is 80.6 cm³/mol. The van der Waals surface area contributed by atoms with Gasteiger partial charge in [-0.25, -0.2) is 13.2 Å². The molecule has 120 valence electrons. The van der Waals surface area contributed by atoms with Crippen LogP contribution in [0.15, 0.2) is 23.1 Å². The molecule has 1 fully saturated rings. The summed E-state index contributed by atoms with van der Waals surface area (Å²) in [5.74, 6) is -1.59. The molecule has 22 heavy (non-hydrogen) atoms. The molecule has 0 aromatic heterocycles. The van der Waals surface area contributed by atoms with E-state index in [0.29, 0.717) is 18.4 Å². The number of amides is 1. The van der Waals surface area contributed by atoms with Gasteiger partial charge in [-0.05, 0) is 37.5 Å². The number of nitrogens with one attached hydrogen (secondary N) is 1. The number of sulfone groups is 1. The number of carboxylic acid groups (broad SMARTS) is 1. The molecule has 1 aromatic carbocycles. The van der Waals surface area contributed by atoms with Crippen LogP contribution in [-0.4, -0.2) is 37.2 Å². The van der Waals surface area contributed by atoms with E-state index in [4.69, 9.17) is 0 Å². The maximum Gasteiger partial charge on any atom is 0.329 e. The van der Waals surface area contributed by atoms with Crippen LogP contribution in [0.3, 0.4) is 0 Å². The van der Waals surface area contributed by atoms with E-state index >= 15 is 0 Å². The summed E-state index contributed by atoms with van der Waals surface area (Å²) >= 11 is 0. The van der Waals surface area contributed by atoms with Gasteiger partial charge in [-0.1, -0.05) is 18.9 Å². The van der Waals surface area contributed by atoms with E-state index in [0.717, 1.165) is 19.1 Å². The minimum atomic E-state index is -3.43. The van der Waals surface area contributed by atoms with Crippen molar-refractivity contribution in [1.29, 1.82) is 0 Å². The van der Waals surface area contributed by atoms with Gasteiger partial charge in [-0.3, -0.25) is 4.79 Å². The number of benzene rings is 1. The normalized spacial score (nSPS) is 17.2. The zero-order valence-electron chi connectivity index (χ0n) is 12.5. The van der Waals surface area contributed by atoms with Crippen molar-refractivity contribution in [3.05, 3.63) is 29.3 Å². The highest BCUT2D eigenvalue weighted by Gasteiger charge is 2.42. The van der Waals surface area contributed by atoms with Crippen LogP contribution < -0.4 is 5.32 Å². The molecule has 0 bridgehead atoms. The lowest BCUT2D eigenvalue weighted by atomic mass is 9.96. The number of carbonyl (C=O) groups excluding carboxylic acids is 1. The van der Waals surface area contributed by atoms with Gasteiger partial charge in [-0.2, -0.15) is 0 Å². The molecule has 0 unspecified atom stereocenters. The van der Waals surface area contributed by atoms with Crippen molar-refractivity contribution in [2.45, 2.75) is 43.0 Å². The van der Waals surface area contributed by atoms with Crippen LogP contribution in [0, 0.1) is 6.92 Å². The van der Waals surface area contributed by atoms with Gasteiger partial charge in [0.05, 0.1) is 4.90 Å². The zero-order chi connectivity index (χ0) is 16.5. The lowest BCUT2D eigenvalue weighted by Gasteiger charge is -2.25. The van der Waals surface area contributed by atoms with Crippen LogP contribution in [-0.2, 0) is 14.6 Å². The van der Waals surface area contributed by atoms with Crippen molar-refractivity contribution in [2.24, 2.45) is 0 Å². The Hall–Kier alpha value is -1.89. The van der Waals surface area contributed by atoms with Gasteiger partial charge in [0, 0.05) is 11.8 Å². The molecule has 0 atom stereocenters. The first-order valence-corrected chi connectivity index (χ1v) is 8.91. The Morgan fingerprint density at radius 3 is 2.32 bits per heavy atom. The fourth-order valence-electron chi connectivity index (χ4n) is 2.73. The maximum atomic E-state index is 12.4. The van der Waals surface area contributed by atoms with E-state index in [9.17, 15) is 23.1 Å². The molecule has 6 nitrogen and oxygen atoms in total. The summed E-state index contributed by atoms with van der Waals surface area (Å²) < 4.78 is 23.2. The number of aryl methyl sites for hydroxylation is 1. The molecule has 7 heteroatoms. The molecule has 2 N–H and O–H groups in total. The number of hydrogen-bond donors (Lipinski definition) is 2. The zero-order valence-corrected chi connectivity index (χ0v) is 13.4. The minimum absolute atomic E-state index is 0.0408. The first-order valence-electron chi connectivity index (χ1n) is 7.02.